The van der Waals surface area contributed by atoms with Crippen molar-refractivity contribution < 1.29 is 0 Å². The van der Waals surface area contributed by atoms with Gasteiger partial charge in [0.1, 0.15) is 11.8 Å². The van der Waals surface area contributed by atoms with Crippen LogP contribution in [0, 0.1) is 25.2 Å². The summed E-state index contributed by atoms with van der Waals surface area (Å²) in [6.07, 6.45) is 0. The van der Waals surface area contributed by atoms with Gasteiger partial charge in [-0.05, 0) is 25.3 Å². The first-order chi connectivity index (χ1) is 6.70. The molecule has 0 unspecified atom stereocenters. The van der Waals surface area contributed by atoms with Gasteiger partial charge in [0.05, 0.1) is 0 Å². The molecule has 0 amide bonds. The average molecular weight is 182 g/mol. The van der Waals surface area contributed by atoms with Crippen molar-refractivity contribution in [1.82, 2.24) is 4.98 Å². The maximum absolute atomic E-state index is 8.78. The monoisotopic (exact) mass is 182 g/mol. The lowest BCUT2D eigenvalue weighted by Crippen LogP contribution is -1.89. The topological polar surface area (TPSA) is 36.7 Å². The van der Waals surface area contributed by atoms with Gasteiger partial charge < -0.3 is 0 Å². The summed E-state index contributed by atoms with van der Waals surface area (Å²) in [6, 6.07) is 10.1. The van der Waals surface area contributed by atoms with E-state index in [1.165, 1.54) is 5.56 Å². The van der Waals surface area contributed by atoms with Gasteiger partial charge in [0, 0.05) is 11.1 Å². The van der Waals surface area contributed by atoms with Gasteiger partial charge >= 0.3 is 0 Å². The quantitative estimate of drug-likeness (QED) is 0.628. The molecular weight excluding hydrogens is 172 g/mol. The number of pyridine rings is 1. The summed E-state index contributed by atoms with van der Waals surface area (Å²) >= 11 is 0. The van der Waals surface area contributed by atoms with Crippen molar-refractivity contribution >= 4 is 10.8 Å². The first kappa shape index (κ1) is 8.71. The highest BCUT2D eigenvalue weighted by Gasteiger charge is 2.01. The summed E-state index contributed by atoms with van der Waals surface area (Å²) in [5.41, 5.74) is 2.60. The van der Waals surface area contributed by atoms with Crippen LogP contribution in [0.25, 0.3) is 10.8 Å². The Bertz CT molecular complexity index is 536. The lowest BCUT2D eigenvalue weighted by Gasteiger charge is -2.02. The van der Waals surface area contributed by atoms with Crippen LogP contribution < -0.4 is 0 Å². The molecule has 0 atom stereocenters. The van der Waals surface area contributed by atoms with Crippen molar-refractivity contribution in [3.05, 3.63) is 41.2 Å². The minimum absolute atomic E-state index is 0.487. The lowest BCUT2D eigenvalue weighted by molar-refractivity contribution is 1.19. The Balaban J connectivity index is 2.85. The number of benzene rings is 1. The van der Waals surface area contributed by atoms with E-state index in [9.17, 15) is 0 Å². The van der Waals surface area contributed by atoms with E-state index < -0.39 is 0 Å². The van der Waals surface area contributed by atoms with Crippen LogP contribution in [0.2, 0.25) is 0 Å². The maximum atomic E-state index is 8.78. The van der Waals surface area contributed by atoms with Gasteiger partial charge in [-0.25, -0.2) is 4.98 Å². The highest BCUT2D eigenvalue weighted by Crippen LogP contribution is 2.19. The van der Waals surface area contributed by atoms with E-state index >= 15 is 0 Å². The van der Waals surface area contributed by atoms with Gasteiger partial charge in [-0.3, -0.25) is 0 Å². The molecule has 0 saturated carbocycles. The third-order valence-electron chi connectivity index (χ3n) is 2.29. The lowest BCUT2D eigenvalue weighted by atomic mass is 10.1. The van der Waals surface area contributed by atoms with E-state index in [1.54, 1.807) is 0 Å². The molecule has 0 aliphatic carbocycles. The number of nitrogens with zero attached hydrogens (tertiary/aromatic N) is 2. The second-order valence-corrected chi connectivity index (χ2v) is 3.43. The number of rotatable bonds is 0. The van der Waals surface area contributed by atoms with Crippen molar-refractivity contribution in [2.45, 2.75) is 13.8 Å². The number of nitriles is 1. The molecule has 1 heterocycles. The van der Waals surface area contributed by atoms with E-state index in [0.29, 0.717) is 5.69 Å². The fourth-order valence-electron chi connectivity index (χ4n) is 1.61. The predicted octanol–water partition coefficient (Wildman–Crippen LogP) is 2.72. The summed E-state index contributed by atoms with van der Waals surface area (Å²) in [5.74, 6) is 0. The number of aromatic nitrogens is 1. The molecule has 2 nitrogen and oxygen atoms in total. The highest BCUT2D eigenvalue weighted by molar-refractivity contribution is 5.85. The molecule has 0 aliphatic heterocycles. The molecule has 0 fully saturated rings. The molecule has 0 bridgehead atoms. The van der Waals surface area contributed by atoms with E-state index in [-0.39, 0.29) is 0 Å². The Hall–Kier alpha value is -1.88. The largest absolute Gasteiger partial charge is 0.242 e. The molecule has 68 valence electrons. The zero-order chi connectivity index (χ0) is 10.1. The average Bonchev–Trinajstić information content (AvgIpc) is 2.16. The van der Waals surface area contributed by atoms with Crippen LogP contribution in [0.5, 0.6) is 0 Å². The van der Waals surface area contributed by atoms with E-state index in [4.69, 9.17) is 5.26 Å². The fraction of sp³-hybridized carbons (Fsp3) is 0.167. The van der Waals surface area contributed by atoms with Crippen LogP contribution in [-0.4, -0.2) is 4.98 Å². The van der Waals surface area contributed by atoms with Crippen LogP contribution in [0.1, 0.15) is 17.0 Å². The number of hydrogen-bond donors (Lipinski definition) is 0. The third kappa shape index (κ3) is 1.33. The van der Waals surface area contributed by atoms with E-state index in [0.717, 1.165) is 16.5 Å². The Morgan fingerprint density at radius 2 is 2.00 bits per heavy atom. The predicted molar refractivity (Wildman–Crippen MR) is 55.9 cm³/mol. The maximum Gasteiger partial charge on any atom is 0.141 e. The zero-order valence-electron chi connectivity index (χ0n) is 8.20. The minimum Gasteiger partial charge on any atom is -0.242 e. The van der Waals surface area contributed by atoms with E-state index in [1.807, 2.05) is 26.0 Å². The van der Waals surface area contributed by atoms with Crippen LogP contribution >= 0.6 is 0 Å². The van der Waals surface area contributed by atoms with Crippen molar-refractivity contribution in [3.8, 4) is 6.07 Å². The van der Waals surface area contributed by atoms with Crippen LogP contribution in [0.15, 0.2) is 24.3 Å². The molecule has 2 aromatic rings. The number of hydrogen-bond acceptors (Lipinski definition) is 2. The van der Waals surface area contributed by atoms with Crippen LogP contribution in [0.3, 0.4) is 0 Å². The van der Waals surface area contributed by atoms with Crippen molar-refractivity contribution in [1.29, 1.82) is 5.26 Å². The van der Waals surface area contributed by atoms with Crippen LogP contribution in [-0.2, 0) is 0 Å². The SMILES string of the molecule is Cc1ccc2c(C)nc(C#N)cc2c1. The van der Waals surface area contributed by atoms with Gasteiger partial charge in [-0.2, -0.15) is 5.26 Å². The van der Waals surface area contributed by atoms with Gasteiger partial charge in [-0.15, -0.1) is 0 Å². The molecule has 0 saturated heterocycles. The molecule has 2 rings (SSSR count). The summed E-state index contributed by atoms with van der Waals surface area (Å²) in [7, 11) is 0. The Morgan fingerprint density at radius 1 is 1.21 bits per heavy atom. The highest BCUT2D eigenvalue weighted by atomic mass is 14.7. The molecule has 2 heteroatoms. The number of aryl methyl sites for hydroxylation is 2. The van der Waals surface area contributed by atoms with Gasteiger partial charge in [-0.1, -0.05) is 23.8 Å². The molecule has 0 aliphatic rings. The first-order valence-corrected chi connectivity index (χ1v) is 4.49. The van der Waals surface area contributed by atoms with Crippen LogP contribution in [0.4, 0.5) is 0 Å². The summed E-state index contributed by atoms with van der Waals surface area (Å²) < 4.78 is 0. The standard InChI is InChI=1S/C12H10N2/c1-8-3-4-12-9(2)14-11(7-13)6-10(12)5-8/h3-6H,1-2H3. The fourth-order valence-corrected chi connectivity index (χ4v) is 1.61. The summed E-state index contributed by atoms with van der Waals surface area (Å²) in [6.45, 7) is 3.97. The van der Waals surface area contributed by atoms with E-state index in [2.05, 4.69) is 23.2 Å². The third-order valence-corrected chi connectivity index (χ3v) is 2.29. The van der Waals surface area contributed by atoms with Gasteiger partial charge in [0.2, 0.25) is 0 Å². The molecule has 0 radical (unpaired) electrons. The minimum atomic E-state index is 0.487. The van der Waals surface area contributed by atoms with Crippen molar-refractivity contribution in [3.63, 3.8) is 0 Å². The second-order valence-electron chi connectivity index (χ2n) is 3.43. The summed E-state index contributed by atoms with van der Waals surface area (Å²) in [4.78, 5) is 4.19. The Labute approximate surface area is 82.8 Å². The smallest absolute Gasteiger partial charge is 0.141 e. The Morgan fingerprint density at radius 3 is 2.71 bits per heavy atom. The summed E-state index contributed by atoms with van der Waals surface area (Å²) in [5, 5.41) is 11.0. The molecule has 1 aromatic heterocycles. The second kappa shape index (κ2) is 3.12. The molecule has 1 aromatic carbocycles. The molecule has 0 N–H and O–H groups in total. The van der Waals surface area contributed by atoms with Gasteiger partial charge in [0.25, 0.3) is 0 Å². The van der Waals surface area contributed by atoms with Crippen molar-refractivity contribution in [2.24, 2.45) is 0 Å². The molecule has 14 heavy (non-hydrogen) atoms. The zero-order valence-corrected chi connectivity index (χ0v) is 8.20. The number of fused-ring (bicyclic) bond motifs is 1. The normalized spacial score (nSPS) is 10.1. The molecule has 0 spiro atoms. The Kier molecular flexibility index (Phi) is 1.94. The first-order valence-electron chi connectivity index (χ1n) is 4.49. The molecular formula is C12H10N2. The van der Waals surface area contributed by atoms with Gasteiger partial charge in [0.15, 0.2) is 0 Å². The van der Waals surface area contributed by atoms with Crippen molar-refractivity contribution in [2.75, 3.05) is 0 Å².